The van der Waals surface area contributed by atoms with E-state index in [0.717, 1.165) is 16.0 Å². The molecule has 0 radical (unpaired) electrons. The molecular formula is C56H75Cl2N9O15. The van der Waals surface area contributed by atoms with Crippen LogP contribution in [0.25, 0.3) is 0 Å². The van der Waals surface area contributed by atoms with Crippen molar-refractivity contribution < 1.29 is 72.3 Å². The number of nitrogens with one attached hydrogen (secondary N) is 6. The summed E-state index contributed by atoms with van der Waals surface area (Å²) >= 11 is 13.6. The van der Waals surface area contributed by atoms with Crippen LogP contribution in [0.5, 0.6) is 5.75 Å². The number of amides is 9. The summed E-state index contributed by atoms with van der Waals surface area (Å²) in [4.78, 5) is 106. The number of carbonyl (C=O) groups excluding carboxylic acids is 8. The molecule has 4 aliphatic rings. The van der Waals surface area contributed by atoms with E-state index in [-0.39, 0.29) is 78.4 Å². The zero-order valence-electron chi connectivity index (χ0n) is 47.2. The number of epoxide rings is 1. The summed E-state index contributed by atoms with van der Waals surface area (Å²) in [7, 11) is 4.50. The molecule has 82 heavy (non-hydrogen) atoms. The number of imide groups is 1. The normalized spacial score (nSPS) is 26.2. The van der Waals surface area contributed by atoms with Crippen LogP contribution in [0.4, 0.5) is 31.4 Å². The summed E-state index contributed by atoms with van der Waals surface area (Å²) in [6.07, 6.45) is 2.32. The second-order valence-electron chi connectivity index (χ2n) is 21.4. The Balaban J connectivity index is 1.16. The molecule has 2 aromatic rings. The lowest BCUT2D eigenvalue weighted by atomic mass is 9.83. The fourth-order valence-electron chi connectivity index (χ4n) is 10.1. The highest BCUT2D eigenvalue weighted by Gasteiger charge is 2.64. The fraction of sp³-hybridized carbons (Fsp3) is 0.536. The predicted molar refractivity (Wildman–Crippen MR) is 304 cm³/mol. The minimum atomic E-state index is -1.90. The maximum Gasteiger partial charge on any atom is 0.412 e. The Bertz CT molecular complexity index is 2800. The highest BCUT2D eigenvalue weighted by Crippen LogP contribution is 2.49. The first kappa shape index (κ1) is 64.2. The molecule has 0 aromatic heterocycles. The summed E-state index contributed by atoms with van der Waals surface area (Å²) in [5.74, 6) is -3.16. The van der Waals surface area contributed by atoms with Crippen LogP contribution in [-0.4, -0.2) is 151 Å². The molecule has 4 heterocycles. The van der Waals surface area contributed by atoms with Gasteiger partial charge in [-0.25, -0.2) is 14.4 Å². The van der Waals surface area contributed by atoms with Gasteiger partial charge >= 0.3 is 18.2 Å². The fourth-order valence-corrected chi connectivity index (χ4v) is 10.7. The van der Waals surface area contributed by atoms with Crippen molar-refractivity contribution in [1.29, 1.82) is 0 Å². The number of anilines is 3. The lowest BCUT2D eigenvalue weighted by Gasteiger charge is -2.42. The van der Waals surface area contributed by atoms with Gasteiger partial charge in [0, 0.05) is 70.3 Å². The number of primary amides is 1. The Kier molecular flexibility index (Phi) is 22.2. The monoisotopic (exact) mass is 1180 g/mol. The molecule has 4 aliphatic heterocycles. The van der Waals surface area contributed by atoms with Crippen molar-refractivity contribution in [1.82, 2.24) is 26.2 Å². The lowest BCUT2D eigenvalue weighted by Crippen LogP contribution is -2.63. The number of methoxy groups -OCH3 is 2. The number of alkyl carbamates (subject to hydrolysis) is 1. The van der Waals surface area contributed by atoms with Crippen LogP contribution in [0.15, 0.2) is 66.3 Å². The number of unbranched alkanes of at least 4 members (excludes halogenated alkanes) is 2. The average molecular weight is 1190 g/mol. The number of ether oxygens (including phenoxy) is 5. The van der Waals surface area contributed by atoms with Gasteiger partial charge in [0.2, 0.25) is 17.7 Å². The van der Waals surface area contributed by atoms with Gasteiger partial charge in [0.25, 0.3) is 11.8 Å². The average Bonchev–Trinajstić information content (AvgIpc) is 2.00. The van der Waals surface area contributed by atoms with E-state index in [4.69, 9.17) is 52.6 Å². The third kappa shape index (κ3) is 16.6. The summed E-state index contributed by atoms with van der Waals surface area (Å²) in [5.41, 5.74) is 4.35. The van der Waals surface area contributed by atoms with Gasteiger partial charge in [-0.2, -0.15) is 0 Å². The molecule has 2 saturated heterocycles. The maximum absolute atomic E-state index is 14.0. The molecule has 2 fully saturated rings. The standard InChI is InChI=1S/C56H75Cl2N9O15/c1-30(2)48(64-43(68)17-10-9-11-23-67-44(69)20-21-45(67)70)51(73)62-37(15-13-22-60-52(59)74)50(72)61-34-18-19-36(35(57)27-34)63-53(75)81-42-28-46(71)66(6)38-25-33(26-39(78-7)47(38)58)24-31(3)14-12-16-41(79-8)56(77)29-40(80-54(76)65-56)32(4)49-55(42,5)82-49/h12,14,16,18-21,25-27,30,32,37,40-42,46,48-49,71,77H,9-11,13,15,17,22-24,28-29H2,1-8H3,(H,61,72)(H,62,73)(H,63,75)(H,64,68)(H,65,76)(H3,59,60,74)/b16-12+,31-14+/t32-,37+,40+,41-,42+,46?,48+,49+,55+,56+/m1/s1. The van der Waals surface area contributed by atoms with Crippen LogP contribution in [0, 0.1) is 11.8 Å². The van der Waals surface area contributed by atoms with E-state index in [1.54, 1.807) is 59.0 Å². The second-order valence-corrected chi connectivity index (χ2v) is 22.2. The van der Waals surface area contributed by atoms with E-state index in [1.807, 2.05) is 13.0 Å². The number of carbonyl (C=O) groups is 8. The second kappa shape index (κ2) is 28.3. The zero-order chi connectivity index (χ0) is 60.2. The van der Waals surface area contributed by atoms with Gasteiger partial charge in [0.05, 0.1) is 29.6 Å². The third-order valence-electron chi connectivity index (χ3n) is 14.9. The smallest absolute Gasteiger partial charge is 0.412 e. The number of halogens is 2. The van der Waals surface area contributed by atoms with Crippen molar-refractivity contribution >= 4 is 88.0 Å². The van der Waals surface area contributed by atoms with Crippen molar-refractivity contribution in [3.05, 3.63) is 81.9 Å². The van der Waals surface area contributed by atoms with Gasteiger partial charge in [0.1, 0.15) is 53.0 Å². The Morgan fingerprint density at radius 3 is 2.35 bits per heavy atom. The van der Waals surface area contributed by atoms with Crippen molar-refractivity contribution in [2.45, 2.75) is 146 Å². The van der Waals surface area contributed by atoms with Crippen molar-refractivity contribution in [3.8, 4) is 5.75 Å². The molecule has 26 heteroatoms. The van der Waals surface area contributed by atoms with Gasteiger partial charge in [-0.1, -0.05) is 74.2 Å². The van der Waals surface area contributed by atoms with E-state index in [0.29, 0.717) is 37.1 Å². The molecule has 2 aromatic carbocycles. The van der Waals surface area contributed by atoms with E-state index >= 15 is 0 Å². The lowest BCUT2D eigenvalue weighted by molar-refractivity contribution is -0.142. The number of nitrogens with two attached hydrogens (primary N) is 1. The number of rotatable bonds is 20. The minimum Gasteiger partial charge on any atom is -0.495 e. The van der Waals surface area contributed by atoms with Gasteiger partial charge < -0.3 is 65.8 Å². The zero-order valence-corrected chi connectivity index (χ0v) is 48.7. The first-order chi connectivity index (χ1) is 38.8. The van der Waals surface area contributed by atoms with E-state index in [2.05, 4.69) is 31.9 Å². The molecule has 10 atom stereocenters. The number of hydrogen-bond acceptors (Lipinski definition) is 16. The van der Waals surface area contributed by atoms with Crippen LogP contribution >= 0.6 is 23.2 Å². The van der Waals surface area contributed by atoms with Gasteiger partial charge in [-0.05, 0) is 87.8 Å². The summed E-state index contributed by atoms with van der Waals surface area (Å²) in [6, 6.07) is 4.77. The quantitative estimate of drug-likeness (QED) is 0.0460. The Hall–Kier alpha value is -6.96. The summed E-state index contributed by atoms with van der Waals surface area (Å²) < 4.78 is 29.5. The number of hydrogen-bond donors (Lipinski definition) is 9. The topological polar surface area (TPSA) is 331 Å². The van der Waals surface area contributed by atoms with Gasteiger partial charge in [-0.15, -0.1) is 0 Å². The molecule has 0 spiro atoms. The molecular weight excluding hydrogens is 1110 g/mol. The summed E-state index contributed by atoms with van der Waals surface area (Å²) in [6.45, 7) is 9.12. The predicted octanol–water partition coefficient (Wildman–Crippen LogP) is 5.32. The van der Waals surface area contributed by atoms with Crippen molar-refractivity contribution in [3.63, 3.8) is 0 Å². The van der Waals surface area contributed by atoms with Crippen LogP contribution in [0.1, 0.15) is 91.5 Å². The number of aliphatic hydroxyl groups excluding tert-OH is 1. The van der Waals surface area contributed by atoms with E-state index in [1.165, 1.54) is 49.5 Å². The molecule has 4 bridgehead atoms. The van der Waals surface area contributed by atoms with Crippen LogP contribution in [0.3, 0.4) is 0 Å². The van der Waals surface area contributed by atoms with Crippen molar-refractivity contribution in [2.75, 3.05) is 49.9 Å². The van der Waals surface area contributed by atoms with Crippen LogP contribution < -0.4 is 47.3 Å². The number of fused-ring (bicyclic) bond motifs is 5. The van der Waals surface area contributed by atoms with Crippen LogP contribution in [0.2, 0.25) is 10.0 Å². The van der Waals surface area contributed by atoms with Crippen molar-refractivity contribution in [2.24, 2.45) is 17.6 Å². The van der Waals surface area contributed by atoms with E-state index in [9.17, 15) is 48.6 Å². The Morgan fingerprint density at radius 2 is 1.70 bits per heavy atom. The minimum absolute atomic E-state index is 0.0311. The maximum atomic E-state index is 14.0. The van der Waals surface area contributed by atoms with E-state index < -0.39 is 102 Å². The van der Waals surface area contributed by atoms with Gasteiger partial charge in [0.15, 0.2) is 5.72 Å². The molecule has 1 unspecified atom stereocenters. The largest absolute Gasteiger partial charge is 0.495 e. The highest BCUT2D eigenvalue weighted by molar-refractivity contribution is 6.35. The SMILES string of the molecule is COc1cc2cc(c1Cl)N(C)C(O)C[C@H](OC(=O)Nc1ccc(NC(=O)[C@H](CCCNC(N)=O)NC(=O)[C@@H](NC(=O)CCCCCN3C(=O)C=CC3=O)C(C)C)cc1Cl)[C@]1(C)O[C@H]1[C@H](C)[C@@H]1C[C@@](O)(NC(=O)O1)[C@H](OC)/C=C/C=C(\C)C2. The summed E-state index contributed by atoms with van der Waals surface area (Å²) in [5, 5.41) is 39.8. The van der Waals surface area contributed by atoms with Crippen LogP contribution in [-0.2, 0) is 49.3 Å². The Labute approximate surface area is 486 Å². The number of benzene rings is 2. The Morgan fingerprint density at radius 1 is 0.976 bits per heavy atom. The first-order valence-electron chi connectivity index (χ1n) is 27.0. The first-order valence-corrected chi connectivity index (χ1v) is 27.8. The highest BCUT2D eigenvalue weighted by atomic mass is 35.5. The third-order valence-corrected chi connectivity index (χ3v) is 15.6. The molecule has 0 saturated carbocycles. The van der Waals surface area contributed by atoms with Gasteiger partial charge in [-0.3, -0.25) is 39.5 Å². The number of aliphatic hydroxyl groups is 2. The molecule has 0 aliphatic carbocycles. The number of allylic oxidation sites excluding steroid dienone is 3. The number of urea groups is 1. The molecule has 10 N–H and O–H groups in total. The number of nitrogens with zero attached hydrogens (tertiary/aromatic N) is 2. The molecule has 24 nitrogen and oxygen atoms in total. The molecule has 448 valence electrons. The molecule has 9 amide bonds. The molecule has 6 rings (SSSR count).